The minimum atomic E-state index is -0.704. The quantitative estimate of drug-likeness (QED) is 0.771. The number of aromatic nitrogens is 1. The summed E-state index contributed by atoms with van der Waals surface area (Å²) in [6.45, 7) is 1.91. The fourth-order valence-electron chi connectivity index (χ4n) is 1.97. The van der Waals surface area contributed by atoms with E-state index in [9.17, 15) is 4.79 Å². The lowest BCUT2D eigenvalue weighted by Crippen LogP contribution is -2.13. The van der Waals surface area contributed by atoms with Crippen molar-refractivity contribution in [3.05, 3.63) is 34.8 Å². The third-order valence-electron chi connectivity index (χ3n) is 3.18. The van der Waals surface area contributed by atoms with Crippen molar-refractivity contribution in [1.29, 1.82) is 0 Å². The number of carboxylic acids is 1. The molecule has 20 heavy (non-hydrogen) atoms. The van der Waals surface area contributed by atoms with Crippen LogP contribution < -0.4 is 0 Å². The number of carbonyl (C=O) groups is 1. The smallest absolute Gasteiger partial charge is 0.306 e. The van der Waals surface area contributed by atoms with Crippen molar-refractivity contribution in [1.82, 2.24) is 4.98 Å². The topological polar surface area (TPSA) is 50.2 Å². The second-order valence-electron chi connectivity index (χ2n) is 4.57. The highest BCUT2D eigenvalue weighted by Crippen LogP contribution is 2.24. The molecule has 0 saturated heterocycles. The maximum absolute atomic E-state index is 11.0. The Morgan fingerprint density at radius 1 is 1.40 bits per heavy atom. The fraction of sp³-hybridized carbons (Fsp3) is 0.333. The lowest BCUT2D eigenvalue weighted by Gasteiger charge is -2.09. The number of hydrogen-bond donors (Lipinski definition) is 1. The molecule has 1 aromatic heterocycles. The van der Waals surface area contributed by atoms with Crippen molar-refractivity contribution in [2.75, 3.05) is 5.75 Å². The Morgan fingerprint density at radius 2 is 2.20 bits per heavy atom. The Hall–Kier alpha value is -1.07. The van der Waals surface area contributed by atoms with Crippen LogP contribution in [0.2, 0.25) is 0 Å². The average Bonchev–Trinajstić information content (AvgIpc) is 2.43. The maximum atomic E-state index is 11.0. The highest BCUT2D eigenvalue weighted by molar-refractivity contribution is 9.10. The fourth-order valence-corrected chi connectivity index (χ4v) is 3.28. The van der Waals surface area contributed by atoms with Crippen LogP contribution >= 0.6 is 27.7 Å². The van der Waals surface area contributed by atoms with Crippen LogP contribution in [0.1, 0.15) is 19.8 Å². The van der Waals surface area contributed by atoms with E-state index in [1.54, 1.807) is 11.8 Å². The van der Waals surface area contributed by atoms with E-state index in [2.05, 4.69) is 20.9 Å². The predicted octanol–water partition coefficient (Wildman–Crippen LogP) is 4.59. The summed E-state index contributed by atoms with van der Waals surface area (Å²) >= 11 is 5.06. The van der Waals surface area contributed by atoms with E-state index < -0.39 is 5.97 Å². The molecule has 5 heteroatoms. The molecule has 0 amide bonds. The van der Waals surface area contributed by atoms with Gasteiger partial charge in [-0.25, -0.2) is 4.98 Å². The number of nitrogens with zero attached hydrogens (tertiary/aromatic N) is 1. The van der Waals surface area contributed by atoms with Crippen molar-refractivity contribution >= 4 is 44.6 Å². The number of rotatable bonds is 6. The molecule has 2 rings (SSSR count). The van der Waals surface area contributed by atoms with Crippen molar-refractivity contribution < 1.29 is 9.90 Å². The van der Waals surface area contributed by atoms with Gasteiger partial charge in [0, 0.05) is 15.6 Å². The van der Waals surface area contributed by atoms with Gasteiger partial charge < -0.3 is 5.11 Å². The first-order chi connectivity index (χ1) is 9.60. The number of hydrogen-bond acceptors (Lipinski definition) is 3. The second-order valence-corrected chi connectivity index (χ2v) is 6.60. The molecule has 0 bridgehead atoms. The van der Waals surface area contributed by atoms with Crippen LogP contribution in [0.4, 0.5) is 0 Å². The number of pyridine rings is 1. The van der Waals surface area contributed by atoms with Gasteiger partial charge in [0.15, 0.2) is 0 Å². The van der Waals surface area contributed by atoms with Gasteiger partial charge in [-0.1, -0.05) is 28.9 Å². The van der Waals surface area contributed by atoms with Gasteiger partial charge in [0.25, 0.3) is 0 Å². The summed E-state index contributed by atoms with van der Waals surface area (Å²) in [5.74, 6) is -0.178. The van der Waals surface area contributed by atoms with E-state index in [0.29, 0.717) is 12.8 Å². The minimum Gasteiger partial charge on any atom is -0.481 e. The Bertz CT molecular complexity index is 618. The van der Waals surface area contributed by atoms with E-state index in [1.165, 1.54) is 0 Å². The summed E-state index contributed by atoms with van der Waals surface area (Å²) in [6, 6.07) is 10.0. The average molecular weight is 354 g/mol. The molecule has 1 atom stereocenters. The van der Waals surface area contributed by atoms with Crippen molar-refractivity contribution in [3.63, 3.8) is 0 Å². The molecule has 2 aromatic rings. The van der Waals surface area contributed by atoms with Gasteiger partial charge >= 0.3 is 5.97 Å². The highest BCUT2D eigenvalue weighted by Gasteiger charge is 2.14. The Kier molecular flexibility index (Phi) is 5.43. The summed E-state index contributed by atoms with van der Waals surface area (Å²) < 4.78 is 1.04. The Balaban J connectivity index is 2.00. The van der Waals surface area contributed by atoms with Crippen molar-refractivity contribution in [2.45, 2.75) is 24.8 Å². The van der Waals surface area contributed by atoms with Crippen LogP contribution in [-0.2, 0) is 4.79 Å². The van der Waals surface area contributed by atoms with Crippen molar-refractivity contribution in [3.8, 4) is 0 Å². The highest BCUT2D eigenvalue weighted by atomic mass is 79.9. The number of thioether (sulfide) groups is 1. The molecule has 0 aliphatic rings. The van der Waals surface area contributed by atoms with Gasteiger partial charge in [-0.2, -0.15) is 0 Å². The third-order valence-corrected chi connectivity index (χ3v) is 4.64. The Labute approximate surface area is 130 Å². The third kappa shape index (κ3) is 3.96. The van der Waals surface area contributed by atoms with Gasteiger partial charge in [0.05, 0.1) is 16.5 Å². The van der Waals surface area contributed by atoms with Gasteiger partial charge in [-0.3, -0.25) is 4.79 Å². The van der Waals surface area contributed by atoms with Crippen LogP contribution in [0.25, 0.3) is 10.9 Å². The maximum Gasteiger partial charge on any atom is 0.306 e. The van der Waals surface area contributed by atoms with E-state index in [1.807, 2.05) is 37.3 Å². The molecule has 0 aliphatic heterocycles. The first-order valence-corrected chi connectivity index (χ1v) is 8.30. The zero-order valence-electron chi connectivity index (χ0n) is 11.2. The molecular formula is C15H16BrNO2S. The molecule has 0 spiro atoms. The molecule has 0 aliphatic carbocycles. The van der Waals surface area contributed by atoms with Crippen molar-refractivity contribution in [2.24, 2.45) is 5.92 Å². The summed E-state index contributed by atoms with van der Waals surface area (Å²) in [5, 5.41) is 11.1. The molecule has 0 radical (unpaired) electrons. The van der Waals surface area contributed by atoms with E-state index in [4.69, 9.17) is 5.11 Å². The number of benzene rings is 1. The normalized spacial score (nSPS) is 12.5. The second kappa shape index (κ2) is 7.09. The lowest BCUT2D eigenvalue weighted by atomic mass is 10.0. The number of halogens is 1. The van der Waals surface area contributed by atoms with Gasteiger partial charge in [0.2, 0.25) is 0 Å². The number of aliphatic carboxylic acids is 1. The first-order valence-electron chi connectivity index (χ1n) is 6.52. The van der Waals surface area contributed by atoms with Gasteiger partial charge in [-0.15, -0.1) is 11.8 Å². The molecule has 1 N–H and O–H groups in total. The Morgan fingerprint density at radius 3 is 2.90 bits per heavy atom. The van der Waals surface area contributed by atoms with Crippen LogP contribution in [0, 0.1) is 5.92 Å². The minimum absolute atomic E-state index is 0.251. The van der Waals surface area contributed by atoms with Crippen LogP contribution in [-0.4, -0.2) is 21.8 Å². The van der Waals surface area contributed by atoms with Gasteiger partial charge in [-0.05, 0) is 37.1 Å². The van der Waals surface area contributed by atoms with Gasteiger partial charge in [0.1, 0.15) is 0 Å². The molecule has 1 aromatic carbocycles. The predicted molar refractivity (Wildman–Crippen MR) is 86.2 cm³/mol. The largest absolute Gasteiger partial charge is 0.481 e. The van der Waals surface area contributed by atoms with E-state index in [-0.39, 0.29) is 5.92 Å². The molecular weight excluding hydrogens is 338 g/mol. The molecule has 0 saturated carbocycles. The number of carboxylic acid groups (broad SMARTS) is 1. The lowest BCUT2D eigenvalue weighted by molar-refractivity contribution is -0.141. The number of fused-ring (bicyclic) bond motifs is 1. The van der Waals surface area contributed by atoms with Crippen LogP contribution in [0.3, 0.4) is 0 Å². The standard InChI is InChI=1S/C15H16BrNO2S/c1-2-10(15(18)19)7-8-20-14-6-3-11-9-12(16)4-5-13(11)17-14/h3-6,9-10H,2,7-8H2,1H3,(H,18,19). The summed E-state index contributed by atoms with van der Waals surface area (Å²) in [7, 11) is 0. The molecule has 106 valence electrons. The summed E-state index contributed by atoms with van der Waals surface area (Å²) in [6.07, 6.45) is 1.35. The van der Waals surface area contributed by atoms with Crippen LogP contribution in [0.5, 0.6) is 0 Å². The molecule has 3 nitrogen and oxygen atoms in total. The molecule has 1 unspecified atom stereocenters. The monoisotopic (exact) mass is 353 g/mol. The molecule has 0 fully saturated rings. The van der Waals surface area contributed by atoms with E-state index >= 15 is 0 Å². The van der Waals surface area contributed by atoms with Crippen LogP contribution in [0.15, 0.2) is 39.8 Å². The first kappa shape index (κ1) is 15.3. The molecule has 1 heterocycles. The summed E-state index contributed by atoms with van der Waals surface area (Å²) in [5.41, 5.74) is 0.962. The summed E-state index contributed by atoms with van der Waals surface area (Å²) in [4.78, 5) is 15.5. The zero-order valence-corrected chi connectivity index (χ0v) is 13.6. The zero-order chi connectivity index (χ0) is 14.5. The SMILES string of the molecule is CCC(CCSc1ccc2cc(Br)ccc2n1)C(=O)O. The van der Waals surface area contributed by atoms with E-state index in [0.717, 1.165) is 26.2 Å².